The van der Waals surface area contributed by atoms with E-state index in [0.29, 0.717) is 22.2 Å². The molecule has 1 heterocycles. The van der Waals surface area contributed by atoms with Crippen molar-refractivity contribution < 1.29 is 0 Å². The topological polar surface area (TPSA) is 65.6 Å². The van der Waals surface area contributed by atoms with Crippen LogP contribution in [0.5, 0.6) is 0 Å². The molecule has 1 aromatic heterocycles. The van der Waals surface area contributed by atoms with Crippen molar-refractivity contribution >= 4 is 34.1 Å². The van der Waals surface area contributed by atoms with Gasteiger partial charge in [0, 0.05) is 16.6 Å². The third kappa shape index (κ3) is 3.27. The number of nitrogens with two attached hydrogens (primary N) is 1. The molecule has 0 atom stereocenters. The SMILES string of the molecule is N#Cc1ccc2[nH]c(-c3ccc(Cl)c(Cl)c3)c(CCCCN)c2c1. The second-order valence-corrected chi connectivity index (χ2v) is 6.54. The van der Waals surface area contributed by atoms with E-state index in [1.807, 2.05) is 30.3 Å². The van der Waals surface area contributed by atoms with Crippen molar-refractivity contribution in [2.45, 2.75) is 19.3 Å². The highest BCUT2D eigenvalue weighted by atomic mass is 35.5. The third-order valence-corrected chi connectivity index (χ3v) is 4.86. The molecule has 24 heavy (non-hydrogen) atoms. The molecule has 0 bridgehead atoms. The molecule has 0 spiro atoms. The molecule has 0 fully saturated rings. The van der Waals surface area contributed by atoms with Crippen LogP contribution in [0.25, 0.3) is 22.2 Å². The Labute approximate surface area is 151 Å². The summed E-state index contributed by atoms with van der Waals surface area (Å²) in [5, 5.41) is 11.3. The molecule has 5 heteroatoms. The van der Waals surface area contributed by atoms with E-state index in [0.717, 1.165) is 41.4 Å². The molecule has 0 aliphatic heterocycles. The molecule has 3 nitrogen and oxygen atoms in total. The van der Waals surface area contributed by atoms with Crippen LogP contribution in [0.3, 0.4) is 0 Å². The van der Waals surface area contributed by atoms with Crippen molar-refractivity contribution in [3.05, 3.63) is 57.6 Å². The molecule has 0 aliphatic carbocycles. The van der Waals surface area contributed by atoms with Crippen LogP contribution in [0, 0.1) is 11.3 Å². The zero-order valence-electron chi connectivity index (χ0n) is 13.1. The van der Waals surface area contributed by atoms with Crippen LogP contribution in [0.4, 0.5) is 0 Å². The number of aromatic nitrogens is 1. The van der Waals surface area contributed by atoms with Crippen molar-refractivity contribution in [3.8, 4) is 17.3 Å². The van der Waals surface area contributed by atoms with E-state index in [1.54, 1.807) is 6.07 Å². The second-order valence-electron chi connectivity index (χ2n) is 5.73. The average Bonchev–Trinajstić information content (AvgIpc) is 2.95. The molecule has 0 unspecified atom stereocenters. The van der Waals surface area contributed by atoms with Gasteiger partial charge in [-0.05, 0) is 67.3 Å². The summed E-state index contributed by atoms with van der Waals surface area (Å²) in [7, 11) is 0. The van der Waals surface area contributed by atoms with Gasteiger partial charge >= 0.3 is 0 Å². The summed E-state index contributed by atoms with van der Waals surface area (Å²) < 4.78 is 0. The Morgan fingerprint density at radius 2 is 1.88 bits per heavy atom. The molecule has 0 aliphatic rings. The van der Waals surface area contributed by atoms with Gasteiger partial charge in [-0.15, -0.1) is 0 Å². The summed E-state index contributed by atoms with van der Waals surface area (Å²) >= 11 is 12.2. The molecule has 3 aromatic rings. The molecular formula is C19H17Cl2N3. The minimum atomic E-state index is 0.526. The summed E-state index contributed by atoms with van der Waals surface area (Å²) in [4.78, 5) is 3.46. The number of rotatable bonds is 5. The minimum Gasteiger partial charge on any atom is -0.354 e. The van der Waals surface area contributed by atoms with E-state index in [-0.39, 0.29) is 0 Å². The summed E-state index contributed by atoms with van der Waals surface area (Å²) in [5.74, 6) is 0. The molecule has 2 aromatic carbocycles. The van der Waals surface area contributed by atoms with E-state index in [4.69, 9.17) is 28.9 Å². The quantitative estimate of drug-likeness (QED) is 0.608. The molecular weight excluding hydrogens is 341 g/mol. The Kier molecular flexibility index (Phi) is 5.11. The molecule has 3 rings (SSSR count). The van der Waals surface area contributed by atoms with Gasteiger partial charge in [0.15, 0.2) is 0 Å². The highest BCUT2D eigenvalue weighted by Crippen LogP contribution is 2.35. The maximum absolute atomic E-state index is 9.18. The van der Waals surface area contributed by atoms with Gasteiger partial charge in [-0.3, -0.25) is 0 Å². The van der Waals surface area contributed by atoms with Crippen molar-refractivity contribution in [2.75, 3.05) is 6.54 Å². The molecule has 122 valence electrons. The number of fused-ring (bicyclic) bond motifs is 1. The van der Waals surface area contributed by atoms with Crippen LogP contribution in [-0.2, 0) is 6.42 Å². The maximum Gasteiger partial charge on any atom is 0.0991 e. The van der Waals surface area contributed by atoms with Gasteiger partial charge in [-0.2, -0.15) is 5.26 Å². The van der Waals surface area contributed by atoms with Crippen molar-refractivity contribution in [1.82, 2.24) is 4.98 Å². The summed E-state index contributed by atoms with van der Waals surface area (Å²) in [6, 6.07) is 13.5. The van der Waals surface area contributed by atoms with E-state index in [2.05, 4.69) is 11.1 Å². The Morgan fingerprint density at radius 3 is 2.58 bits per heavy atom. The lowest BCUT2D eigenvalue weighted by Gasteiger charge is -2.06. The first-order chi connectivity index (χ1) is 11.6. The fourth-order valence-corrected chi connectivity index (χ4v) is 3.22. The largest absolute Gasteiger partial charge is 0.354 e. The number of unbranched alkanes of at least 4 members (excludes halogenated alkanes) is 1. The number of aromatic amines is 1. The van der Waals surface area contributed by atoms with Gasteiger partial charge in [-0.25, -0.2) is 0 Å². The number of benzene rings is 2. The number of aryl methyl sites for hydroxylation is 1. The lowest BCUT2D eigenvalue weighted by molar-refractivity contribution is 0.748. The highest BCUT2D eigenvalue weighted by molar-refractivity contribution is 6.42. The zero-order chi connectivity index (χ0) is 17.1. The van der Waals surface area contributed by atoms with Gasteiger partial charge in [-0.1, -0.05) is 29.3 Å². The number of H-pyrrole nitrogens is 1. The monoisotopic (exact) mass is 357 g/mol. The molecule has 3 N–H and O–H groups in total. The van der Waals surface area contributed by atoms with Crippen LogP contribution in [0.1, 0.15) is 24.0 Å². The van der Waals surface area contributed by atoms with Crippen LogP contribution in [-0.4, -0.2) is 11.5 Å². The number of nitriles is 1. The smallest absolute Gasteiger partial charge is 0.0991 e. The minimum absolute atomic E-state index is 0.526. The summed E-state index contributed by atoms with van der Waals surface area (Å²) in [6.45, 7) is 0.675. The first-order valence-electron chi connectivity index (χ1n) is 7.84. The first-order valence-corrected chi connectivity index (χ1v) is 8.60. The zero-order valence-corrected chi connectivity index (χ0v) is 14.6. The first kappa shape index (κ1) is 16.9. The molecule has 0 amide bonds. The number of halogens is 2. The lowest BCUT2D eigenvalue weighted by atomic mass is 9.99. The molecule has 0 radical (unpaired) electrons. The summed E-state index contributed by atoms with van der Waals surface area (Å²) in [5.41, 5.74) is 10.5. The average molecular weight is 358 g/mol. The van der Waals surface area contributed by atoms with Crippen LogP contribution in [0.15, 0.2) is 36.4 Å². The number of hydrogen-bond acceptors (Lipinski definition) is 2. The molecule has 0 saturated carbocycles. The predicted molar refractivity (Wildman–Crippen MR) is 100 cm³/mol. The predicted octanol–water partition coefficient (Wildman–Crippen LogP) is 5.29. The summed E-state index contributed by atoms with van der Waals surface area (Å²) in [6.07, 6.45) is 2.85. The van der Waals surface area contributed by atoms with E-state index in [1.165, 1.54) is 5.56 Å². The Morgan fingerprint density at radius 1 is 1.04 bits per heavy atom. The van der Waals surface area contributed by atoms with Gasteiger partial charge in [0.25, 0.3) is 0 Å². The standard InChI is InChI=1S/C19H17Cl2N3/c20-16-6-5-13(10-17(16)21)19-14(3-1-2-8-22)15-9-12(11-23)4-7-18(15)24-19/h4-7,9-10,24H,1-3,8,22H2. The van der Waals surface area contributed by atoms with Crippen molar-refractivity contribution in [2.24, 2.45) is 5.73 Å². The van der Waals surface area contributed by atoms with E-state index >= 15 is 0 Å². The van der Waals surface area contributed by atoms with Crippen LogP contribution >= 0.6 is 23.2 Å². The highest BCUT2D eigenvalue weighted by Gasteiger charge is 2.14. The third-order valence-electron chi connectivity index (χ3n) is 4.12. The second kappa shape index (κ2) is 7.27. The normalized spacial score (nSPS) is 10.9. The van der Waals surface area contributed by atoms with Gasteiger partial charge in [0.2, 0.25) is 0 Å². The number of hydrogen-bond donors (Lipinski definition) is 2. The van der Waals surface area contributed by atoms with E-state index in [9.17, 15) is 5.26 Å². The number of nitrogens with one attached hydrogen (secondary N) is 1. The Balaban J connectivity index is 2.16. The van der Waals surface area contributed by atoms with Gasteiger partial charge in [0.1, 0.15) is 0 Å². The van der Waals surface area contributed by atoms with Gasteiger partial charge in [0.05, 0.1) is 21.7 Å². The van der Waals surface area contributed by atoms with Crippen LogP contribution in [0.2, 0.25) is 10.0 Å². The maximum atomic E-state index is 9.18. The van der Waals surface area contributed by atoms with Crippen molar-refractivity contribution in [3.63, 3.8) is 0 Å². The molecule has 0 saturated heterocycles. The fourth-order valence-electron chi connectivity index (χ4n) is 2.92. The van der Waals surface area contributed by atoms with Crippen molar-refractivity contribution in [1.29, 1.82) is 5.26 Å². The number of nitrogens with zero attached hydrogens (tertiary/aromatic N) is 1. The Bertz CT molecular complexity index is 922. The van der Waals surface area contributed by atoms with E-state index < -0.39 is 0 Å². The lowest BCUT2D eigenvalue weighted by Crippen LogP contribution is -1.99. The van der Waals surface area contributed by atoms with Crippen LogP contribution < -0.4 is 5.73 Å². The van der Waals surface area contributed by atoms with Gasteiger partial charge < -0.3 is 10.7 Å². The Hall–Kier alpha value is -1.99. The fraction of sp³-hybridized carbons (Fsp3) is 0.211.